The fourth-order valence-electron chi connectivity index (χ4n) is 2.83. The Bertz CT molecular complexity index is 627. The number of piperidine rings is 1. The van der Waals surface area contributed by atoms with Gasteiger partial charge >= 0.3 is 0 Å². The van der Waals surface area contributed by atoms with Crippen LogP contribution in [-0.4, -0.2) is 36.2 Å². The maximum Gasteiger partial charge on any atom is 0.171 e. The summed E-state index contributed by atoms with van der Waals surface area (Å²) in [6.45, 7) is 2.27. The van der Waals surface area contributed by atoms with E-state index in [1.807, 2.05) is 0 Å². The molecule has 0 radical (unpaired) electrons. The maximum absolute atomic E-state index is 5.47. The Labute approximate surface area is 131 Å². The minimum Gasteiger partial charge on any atom is -0.360 e. The van der Waals surface area contributed by atoms with E-state index >= 15 is 0 Å². The molecule has 0 aliphatic carbocycles. The minimum atomic E-state index is 0.483. The second kappa shape index (κ2) is 6.41. The van der Waals surface area contributed by atoms with Gasteiger partial charge in [0.15, 0.2) is 5.11 Å². The molecule has 2 aromatic carbocycles. The van der Waals surface area contributed by atoms with Gasteiger partial charge in [0, 0.05) is 17.1 Å². The van der Waals surface area contributed by atoms with Crippen molar-refractivity contribution in [2.24, 2.45) is 0 Å². The lowest BCUT2D eigenvalue weighted by atomic mass is 10.1. The van der Waals surface area contributed by atoms with E-state index in [0.717, 1.165) is 36.7 Å². The van der Waals surface area contributed by atoms with Crippen LogP contribution in [0, 0.1) is 0 Å². The van der Waals surface area contributed by atoms with Gasteiger partial charge in [-0.15, -0.1) is 0 Å². The van der Waals surface area contributed by atoms with Gasteiger partial charge in [-0.1, -0.05) is 36.4 Å². The van der Waals surface area contributed by atoms with Crippen LogP contribution in [0.4, 0.5) is 5.69 Å². The highest BCUT2D eigenvalue weighted by Gasteiger charge is 2.17. The van der Waals surface area contributed by atoms with Crippen molar-refractivity contribution < 1.29 is 0 Å². The SMILES string of the molecule is CN1CCC(NC(=S)Nc2cccc3ccccc23)CC1. The molecule has 1 aliphatic heterocycles. The molecule has 0 aromatic heterocycles. The number of hydrogen-bond acceptors (Lipinski definition) is 2. The molecule has 2 N–H and O–H groups in total. The van der Waals surface area contributed by atoms with E-state index in [1.165, 1.54) is 10.8 Å². The van der Waals surface area contributed by atoms with Gasteiger partial charge in [-0.3, -0.25) is 0 Å². The van der Waals surface area contributed by atoms with Crippen LogP contribution in [0.2, 0.25) is 0 Å². The number of benzene rings is 2. The fraction of sp³-hybridized carbons (Fsp3) is 0.353. The summed E-state index contributed by atoms with van der Waals surface area (Å²) in [5, 5.41) is 9.95. The zero-order valence-corrected chi connectivity index (χ0v) is 13.1. The molecule has 4 heteroatoms. The first-order valence-corrected chi connectivity index (χ1v) is 7.87. The van der Waals surface area contributed by atoms with Crippen molar-refractivity contribution in [3.05, 3.63) is 42.5 Å². The molecule has 0 unspecified atom stereocenters. The smallest absolute Gasteiger partial charge is 0.171 e. The van der Waals surface area contributed by atoms with Crippen LogP contribution in [0.3, 0.4) is 0 Å². The Morgan fingerprint density at radius 1 is 1.10 bits per heavy atom. The van der Waals surface area contributed by atoms with Crippen LogP contribution in [0.5, 0.6) is 0 Å². The molecule has 0 bridgehead atoms. The molecular weight excluding hydrogens is 278 g/mol. The van der Waals surface area contributed by atoms with Crippen LogP contribution in [-0.2, 0) is 0 Å². The Morgan fingerprint density at radius 3 is 2.62 bits per heavy atom. The van der Waals surface area contributed by atoms with Gasteiger partial charge in [0.25, 0.3) is 0 Å². The molecule has 1 fully saturated rings. The highest BCUT2D eigenvalue weighted by Crippen LogP contribution is 2.22. The van der Waals surface area contributed by atoms with E-state index in [0.29, 0.717) is 6.04 Å². The van der Waals surface area contributed by atoms with Crippen molar-refractivity contribution in [1.29, 1.82) is 0 Å². The third-order valence-corrected chi connectivity index (χ3v) is 4.31. The average molecular weight is 299 g/mol. The maximum atomic E-state index is 5.47. The van der Waals surface area contributed by atoms with Crippen molar-refractivity contribution in [2.45, 2.75) is 18.9 Å². The van der Waals surface area contributed by atoms with Gasteiger partial charge in [0.2, 0.25) is 0 Å². The van der Waals surface area contributed by atoms with Gasteiger partial charge in [-0.2, -0.15) is 0 Å². The van der Waals surface area contributed by atoms with Crippen LogP contribution < -0.4 is 10.6 Å². The number of fused-ring (bicyclic) bond motifs is 1. The van der Waals surface area contributed by atoms with E-state index in [-0.39, 0.29) is 0 Å². The Hall–Kier alpha value is -1.65. The standard InChI is InChI=1S/C17H21N3S/c1-20-11-9-14(10-12-20)18-17(21)19-16-8-4-6-13-5-2-3-7-15(13)16/h2-8,14H,9-12H2,1H3,(H2,18,19,21). The number of thiocarbonyl (C=S) groups is 1. The van der Waals surface area contributed by atoms with Crippen molar-refractivity contribution in [3.63, 3.8) is 0 Å². The summed E-state index contributed by atoms with van der Waals surface area (Å²) in [5.41, 5.74) is 1.07. The first-order valence-electron chi connectivity index (χ1n) is 7.46. The van der Waals surface area contributed by atoms with Crippen LogP contribution in [0.25, 0.3) is 10.8 Å². The third kappa shape index (κ3) is 3.52. The predicted molar refractivity (Wildman–Crippen MR) is 93.8 cm³/mol. The van der Waals surface area contributed by atoms with E-state index in [1.54, 1.807) is 0 Å². The van der Waals surface area contributed by atoms with Crippen LogP contribution in [0.15, 0.2) is 42.5 Å². The molecule has 21 heavy (non-hydrogen) atoms. The first kappa shape index (κ1) is 14.3. The molecule has 0 atom stereocenters. The quantitative estimate of drug-likeness (QED) is 0.833. The lowest BCUT2D eigenvalue weighted by Crippen LogP contribution is -2.44. The lowest BCUT2D eigenvalue weighted by Gasteiger charge is -2.30. The molecule has 0 saturated carbocycles. The third-order valence-electron chi connectivity index (χ3n) is 4.09. The molecule has 0 spiro atoms. The monoisotopic (exact) mass is 299 g/mol. The van der Waals surface area contributed by atoms with Crippen molar-refractivity contribution in [2.75, 3.05) is 25.5 Å². The van der Waals surface area contributed by atoms with Crippen LogP contribution >= 0.6 is 12.2 Å². The normalized spacial score (nSPS) is 16.8. The van der Waals surface area contributed by atoms with E-state index < -0.39 is 0 Å². The average Bonchev–Trinajstić information content (AvgIpc) is 2.50. The van der Waals surface area contributed by atoms with Gasteiger partial charge in [-0.25, -0.2) is 0 Å². The van der Waals surface area contributed by atoms with Crippen LogP contribution in [0.1, 0.15) is 12.8 Å². The molecule has 3 rings (SSSR count). The topological polar surface area (TPSA) is 27.3 Å². The lowest BCUT2D eigenvalue weighted by molar-refractivity contribution is 0.247. The summed E-state index contributed by atoms with van der Waals surface area (Å²) in [6, 6.07) is 15.1. The number of likely N-dealkylation sites (tertiary alicyclic amines) is 1. The molecule has 3 nitrogen and oxygen atoms in total. The van der Waals surface area contributed by atoms with E-state index in [4.69, 9.17) is 12.2 Å². The molecule has 1 aliphatic rings. The number of anilines is 1. The Kier molecular flexibility index (Phi) is 4.36. The molecule has 0 amide bonds. The molecule has 110 valence electrons. The largest absolute Gasteiger partial charge is 0.360 e. The summed E-state index contributed by atoms with van der Waals surface area (Å²) in [5.74, 6) is 0. The second-order valence-corrected chi connectivity index (χ2v) is 6.11. The predicted octanol–water partition coefficient (Wildman–Crippen LogP) is 3.22. The van der Waals surface area contributed by atoms with E-state index in [2.05, 4.69) is 65.0 Å². The fourth-order valence-corrected chi connectivity index (χ4v) is 3.11. The van der Waals surface area contributed by atoms with Crippen molar-refractivity contribution in [1.82, 2.24) is 10.2 Å². The summed E-state index contributed by atoms with van der Waals surface area (Å²) >= 11 is 5.47. The number of nitrogens with one attached hydrogen (secondary N) is 2. The minimum absolute atomic E-state index is 0.483. The van der Waals surface area contributed by atoms with E-state index in [9.17, 15) is 0 Å². The van der Waals surface area contributed by atoms with Gasteiger partial charge in [-0.05, 0) is 56.6 Å². The molecule has 1 heterocycles. The summed E-state index contributed by atoms with van der Waals surface area (Å²) in [6.07, 6.45) is 2.29. The van der Waals surface area contributed by atoms with Gasteiger partial charge in [0.1, 0.15) is 0 Å². The van der Waals surface area contributed by atoms with Gasteiger partial charge in [0.05, 0.1) is 0 Å². The summed E-state index contributed by atoms with van der Waals surface area (Å²) in [7, 11) is 2.17. The highest BCUT2D eigenvalue weighted by molar-refractivity contribution is 7.80. The number of nitrogens with zero attached hydrogens (tertiary/aromatic N) is 1. The zero-order chi connectivity index (χ0) is 14.7. The highest BCUT2D eigenvalue weighted by atomic mass is 32.1. The van der Waals surface area contributed by atoms with Crippen molar-refractivity contribution in [3.8, 4) is 0 Å². The number of hydrogen-bond donors (Lipinski definition) is 2. The number of rotatable bonds is 2. The Morgan fingerprint density at radius 2 is 1.81 bits per heavy atom. The molecule has 1 saturated heterocycles. The summed E-state index contributed by atoms with van der Waals surface area (Å²) < 4.78 is 0. The molecule has 2 aromatic rings. The zero-order valence-electron chi connectivity index (χ0n) is 12.3. The Balaban J connectivity index is 1.66. The second-order valence-electron chi connectivity index (χ2n) is 5.70. The van der Waals surface area contributed by atoms with Gasteiger partial charge < -0.3 is 15.5 Å². The van der Waals surface area contributed by atoms with Crippen molar-refractivity contribution >= 4 is 33.8 Å². The first-order chi connectivity index (χ1) is 10.2. The molecular formula is C17H21N3S. The summed E-state index contributed by atoms with van der Waals surface area (Å²) in [4.78, 5) is 2.36.